The first-order valence-electron chi connectivity index (χ1n) is 8.56. The average molecular weight is 388 g/mol. The van der Waals surface area contributed by atoms with Crippen molar-refractivity contribution in [2.45, 2.75) is 46.4 Å². The number of aliphatic imine (C=N–C) groups is 1. The molecule has 152 valence electrons. The summed E-state index contributed by atoms with van der Waals surface area (Å²) >= 11 is 0. The van der Waals surface area contributed by atoms with Gasteiger partial charge in [0.25, 0.3) is 0 Å². The molecule has 0 aliphatic carbocycles. The summed E-state index contributed by atoms with van der Waals surface area (Å²) in [5.74, 6) is -0.824. The highest BCUT2D eigenvalue weighted by atomic mass is 19.3. The van der Waals surface area contributed by atoms with Crippen molar-refractivity contribution < 1.29 is 22.7 Å². The first-order valence-corrected chi connectivity index (χ1v) is 8.56. The number of likely N-dealkylation sites (N-methyl/N-ethyl adjacent to an activating group) is 1. The summed E-state index contributed by atoms with van der Waals surface area (Å²) in [6, 6.07) is 3.69. The molecular formula is C18H27F3N4O2. The Morgan fingerprint density at radius 1 is 1.33 bits per heavy atom. The predicted molar refractivity (Wildman–Crippen MR) is 98.4 cm³/mol. The van der Waals surface area contributed by atoms with Crippen molar-refractivity contribution in [3.05, 3.63) is 29.6 Å². The number of hydrogen-bond donors (Lipinski definition) is 2. The van der Waals surface area contributed by atoms with Crippen LogP contribution in [0.25, 0.3) is 0 Å². The Balaban J connectivity index is 2.95. The van der Waals surface area contributed by atoms with E-state index in [1.165, 1.54) is 12.1 Å². The predicted octanol–water partition coefficient (Wildman–Crippen LogP) is 2.74. The second-order valence-electron chi connectivity index (χ2n) is 6.92. The van der Waals surface area contributed by atoms with Gasteiger partial charge >= 0.3 is 6.61 Å². The zero-order chi connectivity index (χ0) is 20.6. The lowest BCUT2D eigenvalue weighted by Gasteiger charge is -2.25. The van der Waals surface area contributed by atoms with Gasteiger partial charge < -0.3 is 20.3 Å². The third-order valence-corrected chi connectivity index (χ3v) is 3.27. The summed E-state index contributed by atoms with van der Waals surface area (Å²) in [6.45, 7) is 4.71. The summed E-state index contributed by atoms with van der Waals surface area (Å²) in [4.78, 5) is 17.9. The molecule has 1 aromatic carbocycles. The smallest absolute Gasteiger partial charge is 0.387 e. The van der Waals surface area contributed by atoms with Gasteiger partial charge in [-0.25, -0.2) is 9.38 Å². The van der Waals surface area contributed by atoms with Crippen molar-refractivity contribution in [1.29, 1.82) is 0 Å². The maximum absolute atomic E-state index is 14.0. The van der Waals surface area contributed by atoms with Crippen molar-refractivity contribution in [2.75, 3.05) is 20.1 Å². The molecule has 0 fully saturated rings. The fraction of sp³-hybridized carbons (Fsp3) is 0.556. The minimum atomic E-state index is -3.06. The van der Waals surface area contributed by atoms with Crippen LogP contribution in [0.3, 0.4) is 0 Å². The Bertz CT molecular complexity index is 660. The molecule has 2 N–H and O–H groups in total. The second kappa shape index (κ2) is 10.0. The lowest BCUT2D eigenvalue weighted by molar-refractivity contribution is -0.122. The SMILES string of the molecule is CCNC(=NCc1c(F)cccc1OC(F)F)N(C)CC(=O)NC(C)(C)C. The van der Waals surface area contributed by atoms with Crippen LogP contribution >= 0.6 is 0 Å². The van der Waals surface area contributed by atoms with E-state index >= 15 is 0 Å². The molecule has 0 unspecified atom stereocenters. The molecule has 0 saturated carbocycles. The number of alkyl halides is 2. The molecule has 1 aromatic rings. The monoisotopic (exact) mass is 388 g/mol. The van der Waals surface area contributed by atoms with Gasteiger partial charge in [-0.1, -0.05) is 6.07 Å². The van der Waals surface area contributed by atoms with E-state index in [0.717, 1.165) is 6.07 Å². The fourth-order valence-corrected chi connectivity index (χ4v) is 2.27. The van der Waals surface area contributed by atoms with Gasteiger partial charge in [-0.05, 0) is 39.8 Å². The van der Waals surface area contributed by atoms with Crippen molar-refractivity contribution >= 4 is 11.9 Å². The molecule has 27 heavy (non-hydrogen) atoms. The van der Waals surface area contributed by atoms with E-state index in [4.69, 9.17) is 0 Å². The van der Waals surface area contributed by atoms with E-state index in [-0.39, 0.29) is 35.8 Å². The summed E-state index contributed by atoms with van der Waals surface area (Å²) in [5.41, 5.74) is -0.456. The summed E-state index contributed by atoms with van der Waals surface area (Å²) in [7, 11) is 1.65. The van der Waals surface area contributed by atoms with Crippen LogP contribution in [0.15, 0.2) is 23.2 Å². The third-order valence-electron chi connectivity index (χ3n) is 3.27. The molecule has 9 heteroatoms. The minimum Gasteiger partial charge on any atom is -0.434 e. The highest BCUT2D eigenvalue weighted by Gasteiger charge is 2.18. The first kappa shape index (κ1) is 22.6. The third kappa shape index (κ3) is 8.19. The lowest BCUT2D eigenvalue weighted by Crippen LogP contribution is -2.48. The van der Waals surface area contributed by atoms with Gasteiger partial charge in [-0.3, -0.25) is 4.79 Å². The van der Waals surface area contributed by atoms with Crippen molar-refractivity contribution in [3.8, 4) is 5.75 Å². The van der Waals surface area contributed by atoms with Crippen LogP contribution in [-0.2, 0) is 11.3 Å². The van der Waals surface area contributed by atoms with E-state index in [0.29, 0.717) is 12.5 Å². The molecule has 0 heterocycles. The highest BCUT2D eigenvalue weighted by Crippen LogP contribution is 2.24. The molecule has 0 atom stereocenters. The molecule has 0 aliphatic heterocycles. The van der Waals surface area contributed by atoms with Gasteiger partial charge in [0.2, 0.25) is 5.91 Å². The Labute approximate surface area is 157 Å². The molecule has 0 radical (unpaired) electrons. The summed E-state index contributed by atoms with van der Waals surface area (Å²) < 4.78 is 43.4. The van der Waals surface area contributed by atoms with Crippen molar-refractivity contribution in [2.24, 2.45) is 4.99 Å². The van der Waals surface area contributed by atoms with E-state index in [9.17, 15) is 18.0 Å². The number of hydrogen-bond acceptors (Lipinski definition) is 3. The number of nitrogens with one attached hydrogen (secondary N) is 2. The van der Waals surface area contributed by atoms with Crippen LogP contribution in [-0.4, -0.2) is 49.1 Å². The first-order chi connectivity index (χ1) is 12.5. The molecular weight excluding hydrogens is 361 g/mol. The van der Waals surface area contributed by atoms with Crippen LogP contribution in [0.5, 0.6) is 5.75 Å². The highest BCUT2D eigenvalue weighted by molar-refractivity contribution is 5.86. The standard InChI is InChI=1S/C18H27F3N4O2/c1-6-22-17(25(5)11-15(26)24-18(2,3)4)23-10-12-13(19)8-7-9-14(12)27-16(20)21/h7-9,16H,6,10-11H2,1-5H3,(H,22,23)(H,24,26). The van der Waals surface area contributed by atoms with Crippen molar-refractivity contribution in [1.82, 2.24) is 15.5 Å². The minimum absolute atomic E-state index is 0.0285. The molecule has 0 bridgehead atoms. The van der Waals surface area contributed by atoms with Gasteiger partial charge in [0.05, 0.1) is 18.7 Å². The molecule has 0 saturated heterocycles. The zero-order valence-electron chi connectivity index (χ0n) is 16.3. The average Bonchev–Trinajstić information content (AvgIpc) is 2.50. The Morgan fingerprint density at radius 3 is 2.56 bits per heavy atom. The topological polar surface area (TPSA) is 66.0 Å². The van der Waals surface area contributed by atoms with E-state index in [1.807, 2.05) is 27.7 Å². The van der Waals surface area contributed by atoms with Crippen LogP contribution in [0, 0.1) is 5.82 Å². The fourth-order valence-electron chi connectivity index (χ4n) is 2.27. The van der Waals surface area contributed by atoms with Gasteiger partial charge in [0.1, 0.15) is 11.6 Å². The molecule has 6 nitrogen and oxygen atoms in total. The quantitative estimate of drug-likeness (QED) is 0.557. The number of carbonyl (C=O) groups excluding carboxylic acids is 1. The maximum Gasteiger partial charge on any atom is 0.387 e. The number of nitrogens with zero attached hydrogens (tertiary/aromatic N) is 2. The number of benzene rings is 1. The van der Waals surface area contributed by atoms with Crippen LogP contribution in [0.4, 0.5) is 13.2 Å². The van der Waals surface area contributed by atoms with Crippen LogP contribution < -0.4 is 15.4 Å². The Morgan fingerprint density at radius 2 is 2.00 bits per heavy atom. The number of rotatable bonds is 7. The number of ether oxygens (including phenoxy) is 1. The molecule has 0 aromatic heterocycles. The zero-order valence-corrected chi connectivity index (χ0v) is 16.3. The largest absolute Gasteiger partial charge is 0.434 e. The summed E-state index contributed by atoms with van der Waals surface area (Å²) in [6.07, 6.45) is 0. The number of guanidine groups is 1. The normalized spacial score (nSPS) is 12.1. The molecule has 0 aliphatic rings. The molecule has 1 amide bonds. The van der Waals surface area contributed by atoms with E-state index in [1.54, 1.807) is 11.9 Å². The van der Waals surface area contributed by atoms with Gasteiger partial charge in [-0.15, -0.1) is 0 Å². The van der Waals surface area contributed by atoms with Gasteiger partial charge in [-0.2, -0.15) is 8.78 Å². The van der Waals surface area contributed by atoms with E-state index in [2.05, 4.69) is 20.4 Å². The van der Waals surface area contributed by atoms with Crippen LogP contribution in [0.2, 0.25) is 0 Å². The Hall–Kier alpha value is -2.45. The number of carbonyl (C=O) groups is 1. The maximum atomic E-state index is 14.0. The molecule has 1 rings (SSSR count). The van der Waals surface area contributed by atoms with Gasteiger partial charge in [0, 0.05) is 19.1 Å². The lowest BCUT2D eigenvalue weighted by atomic mass is 10.1. The second-order valence-corrected chi connectivity index (χ2v) is 6.92. The van der Waals surface area contributed by atoms with Gasteiger partial charge in [0.15, 0.2) is 5.96 Å². The van der Waals surface area contributed by atoms with Crippen LogP contribution in [0.1, 0.15) is 33.3 Å². The number of amides is 1. The molecule has 0 spiro atoms. The Kier molecular flexibility index (Phi) is 8.39. The number of halogens is 3. The van der Waals surface area contributed by atoms with E-state index < -0.39 is 12.4 Å². The summed E-state index contributed by atoms with van der Waals surface area (Å²) in [5, 5.41) is 5.82. The van der Waals surface area contributed by atoms with Crippen molar-refractivity contribution in [3.63, 3.8) is 0 Å².